The molecule has 3 rings (SSSR count). The molecule has 1 heterocycles. The van der Waals surface area contributed by atoms with E-state index < -0.39 is 0 Å². The van der Waals surface area contributed by atoms with Crippen molar-refractivity contribution in [1.29, 1.82) is 0 Å². The highest BCUT2D eigenvalue weighted by Crippen LogP contribution is 2.18. The molecule has 3 aromatic rings. The lowest BCUT2D eigenvalue weighted by atomic mass is 10.2. The topological polar surface area (TPSA) is 59.8 Å². The van der Waals surface area contributed by atoms with Crippen LogP contribution in [0.15, 0.2) is 59.8 Å². The van der Waals surface area contributed by atoms with Crippen LogP contribution in [0.3, 0.4) is 0 Å². The SMILES string of the molecule is Cc1nnc(SCC(=O)NCc2ccccc2F)n1Cc1ccccc1. The average molecular weight is 370 g/mol. The van der Waals surface area contributed by atoms with Gasteiger partial charge in [-0.1, -0.05) is 60.3 Å². The summed E-state index contributed by atoms with van der Waals surface area (Å²) in [6, 6.07) is 16.4. The summed E-state index contributed by atoms with van der Waals surface area (Å²) in [5.41, 5.74) is 1.61. The first-order valence-electron chi connectivity index (χ1n) is 8.20. The monoisotopic (exact) mass is 370 g/mol. The van der Waals surface area contributed by atoms with Crippen molar-refractivity contribution in [3.63, 3.8) is 0 Å². The fraction of sp³-hybridized carbons (Fsp3) is 0.211. The number of nitrogens with zero attached hydrogens (tertiary/aromatic N) is 3. The molecule has 1 amide bonds. The molecule has 0 radical (unpaired) electrons. The van der Waals surface area contributed by atoms with Gasteiger partial charge < -0.3 is 9.88 Å². The van der Waals surface area contributed by atoms with Crippen LogP contribution in [-0.4, -0.2) is 26.4 Å². The maximum Gasteiger partial charge on any atom is 0.230 e. The number of thioether (sulfide) groups is 1. The van der Waals surface area contributed by atoms with Crippen LogP contribution in [-0.2, 0) is 17.9 Å². The normalized spacial score (nSPS) is 10.7. The van der Waals surface area contributed by atoms with Crippen molar-refractivity contribution in [1.82, 2.24) is 20.1 Å². The molecule has 0 fully saturated rings. The number of amides is 1. The first-order valence-corrected chi connectivity index (χ1v) is 9.18. The molecule has 134 valence electrons. The molecular weight excluding hydrogens is 351 g/mol. The minimum atomic E-state index is -0.321. The molecule has 0 bridgehead atoms. The zero-order chi connectivity index (χ0) is 18.4. The highest BCUT2D eigenvalue weighted by Gasteiger charge is 2.12. The largest absolute Gasteiger partial charge is 0.351 e. The number of carbonyl (C=O) groups is 1. The van der Waals surface area contributed by atoms with E-state index in [1.54, 1.807) is 18.2 Å². The molecule has 0 saturated carbocycles. The summed E-state index contributed by atoms with van der Waals surface area (Å²) in [5, 5.41) is 11.7. The molecule has 1 N–H and O–H groups in total. The smallest absolute Gasteiger partial charge is 0.230 e. The third kappa shape index (κ3) is 4.70. The van der Waals surface area contributed by atoms with Gasteiger partial charge in [-0.2, -0.15) is 0 Å². The third-order valence-electron chi connectivity index (χ3n) is 3.85. The fourth-order valence-corrected chi connectivity index (χ4v) is 3.25. The standard InChI is InChI=1S/C19H19FN4OS/c1-14-22-23-19(24(14)12-15-7-3-2-4-8-15)26-13-18(25)21-11-16-9-5-6-10-17(16)20/h2-10H,11-13H2,1H3,(H,21,25). The molecule has 0 aliphatic rings. The van der Waals surface area contributed by atoms with E-state index in [9.17, 15) is 9.18 Å². The Balaban J connectivity index is 1.56. The average Bonchev–Trinajstić information content (AvgIpc) is 3.00. The fourth-order valence-electron chi connectivity index (χ4n) is 2.43. The number of hydrogen-bond donors (Lipinski definition) is 1. The van der Waals surface area contributed by atoms with E-state index in [2.05, 4.69) is 15.5 Å². The Labute approximate surface area is 155 Å². The van der Waals surface area contributed by atoms with Crippen molar-refractivity contribution in [2.24, 2.45) is 0 Å². The first kappa shape index (κ1) is 18.1. The Morgan fingerprint density at radius 3 is 2.62 bits per heavy atom. The number of rotatable bonds is 7. The third-order valence-corrected chi connectivity index (χ3v) is 4.82. The van der Waals surface area contributed by atoms with Crippen LogP contribution in [0, 0.1) is 12.7 Å². The van der Waals surface area contributed by atoms with Gasteiger partial charge in [0.25, 0.3) is 0 Å². The molecule has 7 heteroatoms. The maximum atomic E-state index is 13.6. The van der Waals surface area contributed by atoms with Gasteiger partial charge in [0, 0.05) is 12.1 Å². The van der Waals surface area contributed by atoms with Crippen LogP contribution in [0.5, 0.6) is 0 Å². The lowest BCUT2D eigenvalue weighted by Gasteiger charge is -2.09. The van der Waals surface area contributed by atoms with E-state index in [1.165, 1.54) is 17.8 Å². The Morgan fingerprint density at radius 2 is 1.85 bits per heavy atom. The second-order valence-corrected chi connectivity index (χ2v) is 6.70. The summed E-state index contributed by atoms with van der Waals surface area (Å²) < 4.78 is 15.6. The number of halogens is 1. The number of aromatic nitrogens is 3. The van der Waals surface area contributed by atoms with Crippen molar-refractivity contribution >= 4 is 17.7 Å². The molecule has 1 aromatic heterocycles. The first-order chi connectivity index (χ1) is 12.6. The molecule has 0 atom stereocenters. The molecule has 26 heavy (non-hydrogen) atoms. The molecule has 2 aromatic carbocycles. The van der Waals surface area contributed by atoms with Gasteiger partial charge in [0.1, 0.15) is 11.6 Å². The molecule has 5 nitrogen and oxygen atoms in total. The lowest BCUT2D eigenvalue weighted by molar-refractivity contribution is -0.118. The zero-order valence-electron chi connectivity index (χ0n) is 14.4. The van der Waals surface area contributed by atoms with Crippen molar-refractivity contribution in [3.05, 3.63) is 77.4 Å². The van der Waals surface area contributed by atoms with Gasteiger partial charge in [-0.05, 0) is 18.6 Å². The molecule has 0 saturated heterocycles. The minimum absolute atomic E-state index is 0.168. The van der Waals surface area contributed by atoms with Crippen LogP contribution >= 0.6 is 11.8 Å². The summed E-state index contributed by atoms with van der Waals surface area (Å²) in [7, 11) is 0. The predicted molar refractivity (Wildman–Crippen MR) is 99.3 cm³/mol. The summed E-state index contributed by atoms with van der Waals surface area (Å²) >= 11 is 1.32. The van der Waals surface area contributed by atoms with E-state index in [1.807, 2.05) is 41.8 Å². The van der Waals surface area contributed by atoms with Gasteiger partial charge in [0.15, 0.2) is 5.16 Å². The van der Waals surface area contributed by atoms with E-state index >= 15 is 0 Å². The van der Waals surface area contributed by atoms with Gasteiger partial charge in [-0.15, -0.1) is 10.2 Å². The molecule has 0 aliphatic heterocycles. The van der Waals surface area contributed by atoms with Gasteiger partial charge in [0.05, 0.1) is 12.3 Å². The van der Waals surface area contributed by atoms with Crippen LogP contribution in [0.25, 0.3) is 0 Å². The quantitative estimate of drug-likeness (QED) is 0.649. The van der Waals surface area contributed by atoms with Gasteiger partial charge in [-0.25, -0.2) is 4.39 Å². The highest BCUT2D eigenvalue weighted by molar-refractivity contribution is 7.99. The van der Waals surface area contributed by atoms with Gasteiger partial charge in [0.2, 0.25) is 5.91 Å². The van der Waals surface area contributed by atoms with Crippen molar-refractivity contribution in [3.8, 4) is 0 Å². The summed E-state index contributed by atoms with van der Waals surface area (Å²) in [5.74, 6) is 0.494. The Bertz CT molecular complexity index is 882. The Kier molecular flexibility index (Phi) is 6.01. The second kappa shape index (κ2) is 8.62. The maximum absolute atomic E-state index is 13.6. The van der Waals surface area contributed by atoms with Crippen molar-refractivity contribution < 1.29 is 9.18 Å². The minimum Gasteiger partial charge on any atom is -0.351 e. The van der Waals surface area contributed by atoms with Crippen molar-refractivity contribution in [2.45, 2.75) is 25.2 Å². The summed E-state index contributed by atoms with van der Waals surface area (Å²) in [6.07, 6.45) is 0. The highest BCUT2D eigenvalue weighted by atomic mass is 32.2. The number of nitrogens with one attached hydrogen (secondary N) is 1. The van der Waals surface area contributed by atoms with Gasteiger partial charge in [-0.3, -0.25) is 4.79 Å². The molecule has 0 aliphatic carbocycles. The van der Waals surface area contributed by atoms with E-state index in [4.69, 9.17) is 0 Å². The van der Waals surface area contributed by atoms with Crippen LogP contribution < -0.4 is 5.32 Å². The molecular formula is C19H19FN4OS. The summed E-state index contributed by atoms with van der Waals surface area (Å²) in [6.45, 7) is 2.71. The van der Waals surface area contributed by atoms with Crippen LogP contribution in [0.1, 0.15) is 17.0 Å². The van der Waals surface area contributed by atoms with Crippen LogP contribution in [0.2, 0.25) is 0 Å². The molecule has 0 unspecified atom stereocenters. The van der Waals surface area contributed by atoms with E-state index in [-0.39, 0.29) is 24.0 Å². The van der Waals surface area contributed by atoms with E-state index in [0.29, 0.717) is 17.3 Å². The van der Waals surface area contributed by atoms with Crippen LogP contribution in [0.4, 0.5) is 4.39 Å². The Hall–Kier alpha value is -2.67. The van der Waals surface area contributed by atoms with Gasteiger partial charge >= 0.3 is 0 Å². The zero-order valence-corrected chi connectivity index (χ0v) is 15.2. The number of carbonyl (C=O) groups excluding carboxylic acids is 1. The number of benzene rings is 2. The summed E-state index contributed by atoms with van der Waals surface area (Å²) in [4.78, 5) is 12.1. The second-order valence-electron chi connectivity index (χ2n) is 5.76. The molecule has 0 spiro atoms. The lowest BCUT2D eigenvalue weighted by Crippen LogP contribution is -2.25. The van der Waals surface area contributed by atoms with Crippen molar-refractivity contribution in [2.75, 3.05) is 5.75 Å². The Morgan fingerprint density at radius 1 is 1.12 bits per heavy atom. The number of hydrogen-bond acceptors (Lipinski definition) is 4. The number of aryl methyl sites for hydroxylation is 1. The van der Waals surface area contributed by atoms with E-state index in [0.717, 1.165) is 11.4 Å². The predicted octanol–water partition coefficient (Wildman–Crippen LogP) is 3.18.